The first-order valence-corrected chi connectivity index (χ1v) is 9.26. The van der Waals surface area contributed by atoms with Crippen LogP contribution in [0, 0.1) is 5.92 Å². The number of aromatic nitrogens is 1. The highest BCUT2D eigenvalue weighted by molar-refractivity contribution is 7.17. The first-order valence-electron chi connectivity index (χ1n) is 8.44. The van der Waals surface area contributed by atoms with Crippen LogP contribution in [-0.2, 0) is 9.53 Å². The molecule has 2 heterocycles. The van der Waals surface area contributed by atoms with Crippen LogP contribution in [-0.4, -0.2) is 42.5 Å². The fourth-order valence-electron chi connectivity index (χ4n) is 2.71. The number of hydrogen-bond donors (Lipinski definition) is 0. The summed E-state index contributed by atoms with van der Waals surface area (Å²) in [6.45, 7) is 1.99. The lowest BCUT2D eigenvalue weighted by molar-refractivity contribution is -0.145. The van der Waals surface area contributed by atoms with Gasteiger partial charge in [-0.25, -0.2) is 4.98 Å². The van der Waals surface area contributed by atoms with Crippen molar-refractivity contribution in [1.29, 1.82) is 0 Å². The third-order valence-electron chi connectivity index (χ3n) is 4.10. The van der Waals surface area contributed by atoms with Crippen molar-refractivity contribution in [3.8, 4) is 22.0 Å². The van der Waals surface area contributed by atoms with Crippen molar-refractivity contribution < 1.29 is 18.7 Å². The van der Waals surface area contributed by atoms with Gasteiger partial charge >= 0.3 is 5.97 Å². The molecule has 0 aliphatic carbocycles. The van der Waals surface area contributed by atoms with Gasteiger partial charge in [-0.3, -0.25) is 9.59 Å². The van der Waals surface area contributed by atoms with Crippen molar-refractivity contribution in [3.63, 3.8) is 0 Å². The fourth-order valence-corrected chi connectivity index (χ4v) is 3.76. The van der Waals surface area contributed by atoms with Crippen LogP contribution < -0.4 is 0 Å². The van der Waals surface area contributed by atoms with Gasteiger partial charge in [0.2, 0.25) is 0 Å². The van der Waals surface area contributed by atoms with Crippen LogP contribution >= 0.6 is 11.3 Å². The number of amides is 1. The summed E-state index contributed by atoms with van der Waals surface area (Å²) in [5, 5.41) is 0.636. The first-order chi connectivity index (χ1) is 13.0. The number of furan rings is 1. The zero-order valence-electron chi connectivity index (χ0n) is 15.3. The van der Waals surface area contributed by atoms with Gasteiger partial charge < -0.3 is 14.1 Å². The maximum atomic E-state index is 13.1. The van der Waals surface area contributed by atoms with Crippen molar-refractivity contribution in [3.05, 3.63) is 53.6 Å². The highest BCUT2D eigenvalue weighted by Crippen LogP contribution is 2.34. The van der Waals surface area contributed by atoms with Crippen LogP contribution in [0.4, 0.5) is 0 Å². The van der Waals surface area contributed by atoms with Crippen LogP contribution in [0.2, 0.25) is 0 Å². The molecule has 7 heteroatoms. The summed E-state index contributed by atoms with van der Waals surface area (Å²) in [5.74, 6) is -0.346. The summed E-state index contributed by atoms with van der Waals surface area (Å²) in [5.41, 5.74) is 1.46. The Morgan fingerprint density at radius 2 is 1.96 bits per heavy atom. The number of carbonyl (C=O) groups excluding carboxylic acids is 2. The first kappa shape index (κ1) is 18.8. The molecular formula is C20H20N2O4S. The molecule has 0 aliphatic rings. The van der Waals surface area contributed by atoms with E-state index in [1.807, 2.05) is 36.4 Å². The number of carbonyl (C=O) groups is 2. The van der Waals surface area contributed by atoms with E-state index in [-0.39, 0.29) is 18.4 Å². The molecule has 3 aromatic rings. The number of methoxy groups -OCH3 is 1. The Morgan fingerprint density at radius 3 is 2.59 bits per heavy atom. The molecule has 1 aromatic carbocycles. The van der Waals surface area contributed by atoms with Crippen molar-refractivity contribution >= 4 is 23.2 Å². The molecule has 140 valence electrons. The second-order valence-electron chi connectivity index (χ2n) is 6.15. The Morgan fingerprint density at radius 1 is 1.22 bits per heavy atom. The van der Waals surface area contributed by atoms with Gasteiger partial charge in [0.15, 0.2) is 10.8 Å². The molecule has 0 aliphatic heterocycles. The molecule has 0 radical (unpaired) electrons. The van der Waals surface area contributed by atoms with E-state index in [1.54, 1.807) is 26.3 Å². The largest absolute Gasteiger partial charge is 0.469 e. The van der Waals surface area contributed by atoms with Gasteiger partial charge in [-0.1, -0.05) is 37.3 Å². The van der Waals surface area contributed by atoms with E-state index < -0.39 is 5.92 Å². The predicted molar refractivity (Wildman–Crippen MR) is 103 cm³/mol. The molecule has 0 fully saturated rings. The van der Waals surface area contributed by atoms with Crippen molar-refractivity contribution in [1.82, 2.24) is 9.88 Å². The van der Waals surface area contributed by atoms with E-state index in [0.717, 1.165) is 5.56 Å². The molecule has 0 bridgehead atoms. The third kappa shape index (κ3) is 4.09. The van der Waals surface area contributed by atoms with E-state index in [9.17, 15) is 9.59 Å². The van der Waals surface area contributed by atoms with E-state index in [1.165, 1.54) is 23.3 Å². The molecule has 0 saturated heterocycles. The molecular weight excluding hydrogens is 364 g/mol. The van der Waals surface area contributed by atoms with Gasteiger partial charge in [-0.15, -0.1) is 11.3 Å². The molecule has 0 spiro atoms. The minimum absolute atomic E-state index is 0.195. The smallest absolute Gasteiger partial charge is 0.310 e. The van der Waals surface area contributed by atoms with E-state index >= 15 is 0 Å². The molecule has 0 saturated carbocycles. The zero-order chi connectivity index (χ0) is 19.4. The molecule has 3 rings (SSSR count). The Hall–Kier alpha value is -2.93. The van der Waals surface area contributed by atoms with Crippen LogP contribution in [0.5, 0.6) is 0 Å². The predicted octanol–water partition coefficient (Wildman–Crippen LogP) is 3.95. The lowest BCUT2D eigenvalue weighted by atomic mass is 10.1. The van der Waals surface area contributed by atoms with Crippen LogP contribution in [0.15, 0.2) is 53.1 Å². The van der Waals surface area contributed by atoms with Crippen molar-refractivity contribution in [2.45, 2.75) is 6.92 Å². The van der Waals surface area contributed by atoms with E-state index in [4.69, 9.17) is 9.15 Å². The Bertz CT molecular complexity index is 919. The summed E-state index contributed by atoms with van der Waals surface area (Å²) < 4.78 is 10.2. The van der Waals surface area contributed by atoms with Crippen LogP contribution in [0.25, 0.3) is 22.0 Å². The molecule has 2 aromatic heterocycles. The molecule has 0 N–H and O–H groups in total. The van der Waals surface area contributed by atoms with Gasteiger partial charge in [0.05, 0.1) is 25.0 Å². The van der Waals surface area contributed by atoms with Gasteiger partial charge in [0.25, 0.3) is 5.91 Å². The van der Waals surface area contributed by atoms with Gasteiger partial charge in [-0.2, -0.15) is 0 Å². The van der Waals surface area contributed by atoms with E-state index in [2.05, 4.69) is 4.98 Å². The number of rotatable bonds is 6. The molecule has 27 heavy (non-hydrogen) atoms. The number of thiazole rings is 1. The van der Waals surface area contributed by atoms with Crippen LogP contribution in [0.3, 0.4) is 0 Å². The lowest BCUT2D eigenvalue weighted by Crippen LogP contribution is -2.34. The second-order valence-corrected chi connectivity index (χ2v) is 7.15. The number of nitrogens with zero attached hydrogens (tertiary/aromatic N) is 2. The zero-order valence-corrected chi connectivity index (χ0v) is 16.2. The van der Waals surface area contributed by atoms with Crippen LogP contribution in [0.1, 0.15) is 16.6 Å². The monoisotopic (exact) mass is 384 g/mol. The summed E-state index contributed by atoms with van der Waals surface area (Å²) in [6, 6.07) is 13.1. The van der Waals surface area contributed by atoms with Crippen molar-refractivity contribution in [2.24, 2.45) is 5.92 Å². The quantitative estimate of drug-likeness (QED) is 0.602. The van der Waals surface area contributed by atoms with Gasteiger partial charge in [-0.05, 0) is 12.1 Å². The molecule has 0 unspecified atom stereocenters. The number of esters is 1. The van der Waals surface area contributed by atoms with Crippen molar-refractivity contribution in [2.75, 3.05) is 20.7 Å². The van der Waals surface area contributed by atoms with E-state index in [0.29, 0.717) is 21.3 Å². The Labute approximate surface area is 161 Å². The maximum absolute atomic E-state index is 13.1. The Kier molecular flexibility index (Phi) is 5.71. The third-order valence-corrected chi connectivity index (χ3v) is 5.16. The highest BCUT2D eigenvalue weighted by Gasteiger charge is 2.26. The maximum Gasteiger partial charge on any atom is 0.310 e. The molecule has 1 amide bonds. The average molecular weight is 384 g/mol. The molecule has 6 nitrogen and oxygen atoms in total. The number of ether oxygens (including phenoxy) is 1. The second kappa shape index (κ2) is 8.18. The lowest BCUT2D eigenvalue weighted by Gasteiger charge is -2.20. The summed E-state index contributed by atoms with van der Waals surface area (Å²) in [7, 11) is 3.01. The normalized spacial score (nSPS) is 11.8. The van der Waals surface area contributed by atoms with Gasteiger partial charge in [0, 0.05) is 19.2 Å². The topological polar surface area (TPSA) is 72.6 Å². The molecule has 1 atom stereocenters. The minimum atomic E-state index is -0.415. The average Bonchev–Trinajstić information content (AvgIpc) is 3.36. The number of hydrogen-bond acceptors (Lipinski definition) is 6. The minimum Gasteiger partial charge on any atom is -0.469 e. The summed E-state index contributed by atoms with van der Waals surface area (Å²) >= 11 is 1.28. The summed E-state index contributed by atoms with van der Waals surface area (Å²) in [6.07, 6.45) is 1.57. The highest BCUT2D eigenvalue weighted by atomic mass is 32.1. The standard InChI is InChI=1S/C20H20N2O4S/c1-13(20(24)25-3)12-22(2)19(23)17-16(14-8-5-4-6-9-14)21-18(27-17)15-10-7-11-26-15/h4-11,13H,12H2,1-3H3/t13-/m0/s1. The van der Waals surface area contributed by atoms with Gasteiger partial charge in [0.1, 0.15) is 4.88 Å². The summed E-state index contributed by atoms with van der Waals surface area (Å²) in [4.78, 5) is 31.4. The fraction of sp³-hybridized carbons (Fsp3) is 0.250. The Balaban J connectivity index is 1.95. The number of benzene rings is 1. The SMILES string of the molecule is COC(=O)[C@@H](C)CN(C)C(=O)c1sc(-c2ccco2)nc1-c1ccccc1.